The van der Waals surface area contributed by atoms with Crippen LogP contribution in [-0.2, 0) is 0 Å². The molecule has 0 aliphatic rings. The van der Waals surface area contributed by atoms with Crippen LogP contribution < -0.4 is 0 Å². The molecule has 3 unspecified atom stereocenters. The number of aliphatic hydroxyl groups excluding tert-OH is 1. The third kappa shape index (κ3) is 4.38. The molecule has 0 aromatic heterocycles. The second-order valence-corrected chi connectivity index (χ2v) is 3.43. The molecule has 0 aliphatic carbocycles. The van der Waals surface area contributed by atoms with E-state index in [0.29, 0.717) is 6.42 Å². The summed E-state index contributed by atoms with van der Waals surface area (Å²) in [6.07, 6.45) is 0.164. The maximum absolute atomic E-state index is 9.50. The van der Waals surface area contributed by atoms with E-state index in [0.717, 1.165) is 0 Å². The molecule has 2 N–H and O–H groups in total. The van der Waals surface area contributed by atoms with Crippen LogP contribution in [0.2, 0.25) is 0 Å². The fourth-order valence-electron chi connectivity index (χ4n) is 0.478. The lowest BCUT2D eigenvalue weighted by atomic mass is 10.0. The van der Waals surface area contributed by atoms with E-state index >= 15 is 0 Å². The minimum atomic E-state index is -0.914. The van der Waals surface area contributed by atoms with Crippen molar-refractivity contribution in [3.63, 3.8) is 0 Å². The molecule has 0 heterocycles. The molecule has 2 heteroatoms. The minimum absolute atomic E-state index is 0.0805. The highest BCUT2D eigenvalue weighted by atomic mass is 16.3. The number of aliphatic hydroxyl groups is 2. The Labute approximate surface area is 74.6 Å². The molecule has 0 saturated heterocycles. The molecule has 0 aliphatic heterocycles. The summed E-state index contributed by atoms with van der Waals surface area (Å²) in [5.74, 6) is 5.48. The van der Waals surface area contributed by atoms with Gasteiger partial charge in [0.25, 0.3) is 0 Å². The quantitative estimate of drug-likeness (QED) is 0.611. The summed E-state index contributed by atoms with van der Waals surface area (Å²) in [6.45, 7) is 7.08. The van der Waals surface area contributed by atoms with Crippen LogP contribution in [0.25, 0.3) is 0 Å². The normalized spacial score (nSPS) is 20.2. The van der Waals surface area contributed by atoms with Gasteiger partial charge in [0.15, 0.2) is 0 Å². The maximum atomic E-state index is 9.50. The van der Waals surface area contributed by atoms with Gasteiger partial charge >= 0.3 is 0 Å². The van der Waals surface area contributed by atoms with Crippen LogP contribution in [0.15, 0.2) is 0 Å². The molecule has 0 bridgehead atoms. The van der Waals surface area contributed by atoms with Crippen LogP contribution in [-0.4, -0.2) is 21.9 Å². The summed E-state index contributed by atoms with van der Waals surface area (Å²) in [6, 6.07) is 0. The Kier molecular flexibility index (Phi) is 4.30. The van der Waals surface area contributed by atoms with Crippen molar-refractivity contribution in [1.82, 2.24) is 0 Å². The van der Waals surface area contributed by atoms with Crippen LogP contribution in [0.5, 0.6) is 0 Å². The molecule has 0 fully saturated rings. The number of hydrogen-bond donors (Lipinski definition) is 2. The highest BCUT2D eigenvalue weighted by Crippen LogP contribution is 2.07. The lowest BCUT2D eigenvalue weighted by Crippen LogP contribution is -2.20. The molecule has 0 rings (SSSR count). The first-order valence-electron chi connectivity index (χ1n) is 4.32. The second kappa shape index (κ2) is 4.49. The van der Waals surface area contributed by atoms with E-state index in [1.165, 1.54) is 0 Å². The van der Waals surface area contributed by atoms with Crippen LogP contribution in [0.1, 0.15) is 34.1 Å². The van der Waals surface area contributed by atoms with Crippen LogP contribution in [0.4, 0.5) is 0 Å². The fraction of sp³-hybridized carbons (Fsp3) is 0.800. The van der Waals surface area contributed by atoms with E-state index < -0.39 is 11.7 Å². The first-order chi connectivity index (χ1) is 5.39. The average Bonchev–Trinajstić information content (AvgIpc) is 2.00. The van der Waals surface area contributed by atoms with Gasteiger partial charge in [0, 0.05) is 5.92 Å². The zero-order valence-corrected chi connectivity index (χ0v) is 8.26. The van der Waals surface area contributed by atoms with Gasteiger partial charge in [-0.2, -0.15) is 0 Å². The Bertz CT molecular complexity index is 184. The van der Waals surface area contributed by atoms with Gasteiger partial charge < -0.3 is 10.2 Å². The molecule has 12 heavy (non-hydrogen) atoms. The third-order valence-electron chi connectivity index (χ3n) is 1.98. The average molecular weight is 170 g/mol. The Hall–Kier alpha value is -0.520. The Morgan fingerprint density at radius 2 is 1.92 bits per heavy atom. The molecule has 0 amide bonds. The fourth-order valence-corrected chi connectivity index (χ4v) is 0.478. The van der Waals surface area contributed by atoms with Gasteiger partial charge in [-0.25, -0.2) is 0 Å². The molecule has 0 aromatic carbocycles. The zero-order valence-electron chi connectivity index (χ0n) is 8.26. The Morgan fingerprint density at radius 1 is 1.42 bits per heavy atom. The van der Waals surface area contributed by atoms with Crippen molar-refractivity contribution < 1.29 is 10.2 Å². The first kappa shape index (κ1) is 11.5. The maximum Gasteiger partial charge on any atom is 0.122 e. The van der Waals surface area contributed by atoms with Crippen molar-refractivity contribution in [2.75, 3.05) is 0 Å². The lowest BCUT2D eigenvalue weighted by Gasteiger charge is -2.13. The zero-order chi connectivity index (χ0) is 9.78. The molecule has 70 valence electrons. The van der Waals surface area contributed by atoms with Crippen LogP contribution in [0, 0.1) is 17.8 Å². The number of rotatable bonds is 2. The molecule has 0 saturated carbocycles. The predicted octanol–water partition coefficient (Wildman–Crippen LogP) is 1.17. The van der Waals surface area contributed by atoms with Crippen molar-refractivity contribution >= 4 is 0 Å². The van der Waals surface area contributed by atoms with E-state index in [1.54, 1.807) is 13.8 Å². The van der Waals surface area contributed by atoms with E-state index in [-0.39, 0.29) is 5.92 Å². The topological polar surface area (TPSA) is 40.5 Å². The molecule has 0 aromatic rings. The van der Waals surface area contributed by atoms with E-state index in [4.69, 9.17) is 5.11 Å². The minimum Gasteiger partial charge on any atom is -0.392 e. The lowest BCUT2D eigenvalue weighted by molar-refractivity contribution is 0.117. The van der Waals surface area contributed by atoms with Crippen molar-refractivity contribution in [3.8, 4) is 11.8 Å². The van der Waals surface area contributed by atoms with Gasteiger partial charge in [0.05, 0.1) is 6.10 Å². The SMILES string of the molecule is CCC(C)(O)C#CC(C)C(C)O. The highest BCUT2D eigenvalue weighted by molar-refractivity contribution is 5.13. The van der Waals surface area contributed by atoms with E-state index in [1.807, 2.05) is 13.8 Å². The molecule has 3 atom stereocenters. The standard InChI is InChI=1S/C10H18O2/c1-5-10(4,12)7-6-8(2)9(3)11/h8-9,11-12H,5H2,1-4H3. The summed E-state index contributed by atoms with van der Waals surface area (Å²) in [4.78, 5) is 0. The van der Waals surface area contributed by atoms with Crippen molar-refractivity contribution in [2.24, 2.45) is 5.92 Å². The van der Waals surface area contributed by atoms with Crippen molar-refractivity contribution in [3.05, 3.63) is 0 Å². The van der Waals surface area contributed by atoms with Crippen molar-refractivity contribution in [2.45, 2.75) is 45.8 Å². The van der Waals surface area contributed by atoms with Crippen LogP contribution in [0.3, 0.4) is 0 Å². The Morgan fingerprint density at radius 3 is 2.25 bits per heavy atom. The highest BCUT2D eigenvalue weighted by Gasteiger charge is 2.13. The molecule has 2 nitrogen and oxygen atoms in total. The molecular formula is C10H18O2. The summed E-state index contributed by atoms with van der Waals surface area (Å²) in [5.41, 5.74) is -0.914. The summed E-state index contributed by atoms with van der Waals surface area (Å²) < 4.78 is 0. The summed E-state index contributed by atoms with van der Waals surface area (Å²) in [7, 11) is 0. The van der Waals surface area contributed by atoms with Crippen LogP contribution >= 0.6 is 0 Å². The Balaban J connectivity index is 4.20. The van der Waals surface area contributed by atoms with Gasteiger partial charge in [0.1, 0.15) is 5.60 Å². The van der Waals surface area contributed by atoms with E-state index in [2.05, 4.69) is 11.8 Å². The summed E-state index contributed by atoms with van der Waals surface area (Å²) in [5, 5.41) is 18.6. The summed E-state index contributed by atoms with van der Waals surface area (Å²) >= 11 is 0. The molecule has 0 radical (unpaired) electrons. The van der Waals surface area contributed by atoms with Gasteiger partial charge in [-0.1, -0.05) is 18.8 Å². The molecular weight excluding hydrogens is 152 g/mol. The predicted molar refractivity (Wildman–Crippen MR) is 49.5 cm³/mol. The smallest absolute Gasteiger partial charge is 0.122 e. The third-order valence-corrected chi connectivity index (χ3v) is 1.98. The van der Waals surface area contributed by atoms with Crippen molar-refractivity contribution in [1.29, 1.82) is 0 Å². The first-order valence-corrected chi connectivity index (χ1v) is 4.32. The van der Waals surface area contributed by atoms with Gasteiger partial charge in [-0.15, -0.1) is 0 Å². The van der Waals surface area contributed by atoms with E-state index in [9.17, 15) is 5.11 Å². The van der Waals surface area contributed by atoms with Gasteiger partial charge in [0.2, 0.25) is 0 Å². The van der Waals surface area contributed by atoms with Gasteiger partial charge in [-0.3, -0.25) is 0 Å². The second-order valence-electron chi connectivity index (χ2n) is 3.43. The van der Waals surface area contributed by atoms with Gasteiger partial charge in [-0.05, 0) is 27.2 Å². The largest absolute Gasteiger partial charge is 0.392 e. The number of hydrogen-bond acceptors (Lipinski definition) is 2. The monoisotopic (exact) mass is 170 g/mol. The molecule has 0 spiro atoms.